The lowest BCUT2D eigenvalue weighted by atomic mass is 10.1. The molecule has 1 aliphatic rings. The maximum absolute atomic E-state index is 11.9. The van der Waals surface area contributed by atoms with Crippen LogP contribution < -0.4 is 5.43 Å². The van der Waals surface area contributed by atoms with Crippen molar-refractivity contribution in [2.45, 2.75) is 32.4 Å². The van der Waals surface area contributed by atoms with Gasteiger partial charge < -0.3 is 14.6 Å². The third-order valence-electron chi connectivity index (χ3n) is 3.38. The van der Waals surface area contributed by atoms with Gasteiger partial charge in [-0.25, -0.2) is 9.48 Å². The third-order valence-corrected chi connectivity index (χ3v) is 3.38. The van der Waals surface area contributed by atoms with Gasteiger partial charge in [0.15, 0.2) is 5.43 Å². The third kappa shape index (κ3) is 2.51. The maximum atomic E-state index is 11.9. The molecule has 3 heterocycles. The molecule has 1 saturated heterocycles. The van der Waals surface area contributed by atoms with Gasteiger partial charge in [-0.15, -0.1) is 0 Å². The van der Waals surface area contributed by atoms with Gasteiger partial charge in [-0.1, -0.05) is 0 Å². The largest absolute Gasteiger partial charge is 0.444 e. The van der Waals surface area contributed by atoms with Gasteiger partial charge in [0.1, 0.15) is 11.2 Å². The zero-order valence-electron chi connectivity index (χ0n) is 12.3. The second kappa shape index (κ2) is 4.61. The molecule has 2 aromatic heterocycles. The van der Waals surface area contributed by atoms with Gasteiger partial charge in [0.2, 0.25) is 0 Å². The molecule has 0 atom stereocenters. The number of hydrogen-bond donors (Lipinski definition) is 1. The Balaban J connectivity index is 1.72. The van der Waals surface area contributed by atoms with Crippen LogP contribution in [0.4, 0.5) is 4.79 Å². The number of likely N-dealkylation sites (tertiary alicyclic amines) is 1. The van der Waals surface area contributed by atoms with E-state index >= 15 is 0 Å². The van der Waals surface area contributed by atoms with Gasteiger partial charge >= 0.3 is 6.09 Å². The molecule has 0 unspecified atom stereocenters. The number of amides is 1. The quantitative estimate of drug-likeness (QED) is 0.863. The SMILES string of the molecule is CC(C)(C)OC(=O)N1CC(n2ncc3c(=O)cc[nH]c32)C1. The van der Waals surface area contributed by atoms with E-state index in [0.717, 1.165) is 0 Å². The lowest BCUT2D eigenvalue weighted by Crippen LogP contribution is -2.52. The van der Waals surface area contributed by atoms with Crippen molar-refractivity contribution >= 4 is 17.1 Å². The molecular weight excluding hydrogens is 272 g/mol. The molecule has 0 aliphatic carbocycles. The minimum absolute atomic E-state index is 0.0571. The Morgan fingerprint density at radius 1 is 1.43 bits per heavy atom. The van der Waals surface area contributed by atoms with E-state index < -0.39 is 5.60 Å². The maximum Gasteiger partial charge on any atom is 0.410 e. The van der Waals surface area contributed by atoms with Crippen LogP contribution in [0.15, 0.2) is 23.3 Å². The first-order chi connectivity index (χ1) is 9.85. The number of carbonyl (C=O) groups is 1. The zero-order chi connectivity index (χ0) is 15.2. The fraction of sp³-hybridized carbons (Fsp3) is 0.500. The van der Waals surface area contributed by atoms with Crippen LogP contribution in [0.25, 0.3) is 11.0 Å². The molecular formula is C14H18N4O3. The summed E-state index contributed by atoms with van der Waals surface area (Å²) in [5.41, 5.74) is 0.140. The standard InChI is InChI=1S/C14H18N4O3/c1-14(2,3)21-13(20)17-7-9(8-17)18-12-10(6-16-18)11(19)4-5-15-12/h4-6,9H,7-8H2,1-3H3,(H,15,19). The van der Waals surface area contributed by atoms with E-state index in [9.17, 15) is 9.59 Å². The summed E-state index contributed by atoms with van der Waals surface area (Å²) in [6.45, 7) is 6.58. The van der Waals surface area contributed by atoms with Gasteiger partial charge in [-0.2, -0.15) is 5.10 Å². The average molecular weight is 290 g/mol. The summed E-state index contributed by atoms with van der Waals surface area (Å²) in [5.74, 6) is 0. The van der Waals surface area contributed by atoms with Crippen molar-refractivity contribution in [3.8, 4) is 0 Å². The van der Waals surface area contributed by atoms with Crippen molar-refractivity contribution in [1.29, 1.82) is 0 Å². The normalized spacial score (nSPS) is 16.0. The molecule has 0 spiro atoms. The molecule has 1 N–H and O–H groups in total. The molecule has 0 radical (unpaired) electrons. The molecule has 1 amide bonds. The van der Waals surface area contributed by atoms with Crippen molar-refractivity contribution in [3.05, 3.63) is 28.7 Å². The number of nitrogens with one attached hydrogen (secondary N) is 1. The zero-order valence-corrected chi connectivity index (χ0v) is 12.3. The molecule has 0 bridgehead atoms. The smallest absolute Gasteiger partial charge is 0.410 e. The number of nitrogens with zero attached hydrogens (tertiary/aromatic N) is 3. The molecule has 0 aromatic carbocycles. The van der Waals surface area contributed by atoms with Crippen LogP contribution in [0.3, 0.4) is 0 Å². The van der Waals surface area contributed by atoms with Gasteiger partial charge in [-0.3, -0.25) is 4.79 Å². The summed E-state index contributed by atoms with van der Waals surface area (Å²) in [7, 11) is 0. The number of rotatable bonds is 1. The first-order valence-electron chi connectivity index (χ1n) is 6.88. The van der Waals surface area contributed by atoms with Crippen molar-refractivity contribution in [2.24, 2.45) is 0 Å². The van der Waals surface area contributed by atoms with Crippen LogP contribution in [0, 0.1) is 0 Å². The summed E-state index contributed by atoms with van der Waals surface area (Å²) in [4.78, 5) is 28.2. The van der Waals surface area contributed by atoms with Gasteiger partial charge in [0.25, 0.3) is 0 Å². The van der Waals surface area contributed by atoms with Gasteiger partial charge in [0.05, 0.1) is 17.6 Å². The number of pyridine rings is 1. The van der Waals surface area contributed by atoms with E-state index in [2.05, 4.69) is 10.1 Å². The molecule has 7 nitrogen and oxygen atoms in total. The Morgan fingerprint density at radius 3 is 2.81 bits per heavy atom. The Bertz CT molecular complexity index is 734. The minimum atomic E-state index is -0.494. The van der Waals surface area contributed by atoms with Gasteiger partial charge in [-0.05, 0) is 20.8 Å². The summed E-state index contributed by atoms with van der Waals surface area (Å²) in [6, 6.07) is 1.54. The highest BCUT2D eigenvalue weighted by molar-refractivity contribution is 5.74. The molecule has 112 valence electrons. The Kier molecular flexibility index (Phi) is 3.00. The molecule has 1 aliphatic heterocycles. The van der Waals surface area contributed by atoms with Crippen LogP contribution >= 0.6 is 0 Å². The number of aromatic nitrogens is 3. The fourth-order valence-corrected chi connectivity index (χ4v) is 2.33. The Morgan fingerprint density at radius 2 is 2.14 bits per heavy atom. The highest BCUT2D eigenvalue weighted by atomic mass is 16.6. The molecule has 3 rings (SSSR count). The number of ether oxygens (including phenoxy) is 1. The molecule has 21 heavy (non-hydrogen) atoms. The lowest BCUT2D eigenvalue weighted by molar-refractivity contribution is 0.0000867. The van der Waals surface area contributed by atoms with Gasteiger partial charge in [0, 0.05) is 25.4 Å². The topological polar surface area (TPSA) is 80.2 Å². The summed E-state index contributed by atoms with van der Waals surface area (Å²) in [5, 5.41) is 4.82. The van der Waals surface area contributed by atoms with Crippen molar-refractivity contribution < 1.29 is 9.53 Å². The van der Waals surface area contributed by atoms with Crippen molar-refractivity contribution in [3.63, 3.8) is 0 Å². The second-order valence-corrected chi connectivity index (χ2v) is 6.23. The monoisotopic (exact) mass is 290 g/mol. The first kappa shape index (κ1) is 13.7. The predicted molar refractivity (Wildman–Crippen MR) is 77.2 cm³/mol. The summed E-state index contributed by atoms with van der Waals surface area (Å²) < 4.78 is 7.07. The van der Waals surface area contributed by atoms with Crippen molar-refractivity contribution in [2.75, 3.05) is 13.1 Å². The van der Waals surface area contributed by atoms with Crippen LogP contribution in [0.5, 0.6) is 0 Å². The number of aromatic amines is 1. The molecule has 7 heteroatoms. The van der Waals surface area contributed by atoms with Crippen LogP contribution in [0.2, 0.25) is 0 Å². The molecule has 2 aromatic rings. The number of hydrogen-bond acceptors (Lipinski definition) is 4. The lowest BCUT2D eigenvalue weighted by Gasteiger charge is -2.39. The second-order valence-electron chi connectivity index (χ2n) is 6.23. The minimum Gasteiger partial charge on any atom is -0.444 e. The summed E-state index contributed by atoms with van der Waals surface area (Å²) in [6.07, 6.45) is 2.85. The Hall–Kier alpha value is -2.31. The first-order valence-corrected chi connectivity index (χ1v) is 6.88. The predicted octanol–water partition coefficient (Wildman–Crippen LogP) is 1.52. The number of H-pyrrole nitrogens is 1. The van der Waals surface area contributed by atoms with Crippen LogP contribution in [-0.4, -0.2) is 44.4 Å². The Labute approximate surface area is 121 Å². The van der Waals surface area contributed by atoms with Crippen LogP contribution in [0.1, 0.15) is 26.8 Å². The van der Waals surface area contributed by atoms with Crippen molar-refractivity contribution in [1.82, 2.24) is 19.7 Å². The highest BCUT2D eigenvalue weighted by Crippen LogP contribution is 2.25. The van der Waals surface area contributed by atoms with Crippen LogP contribution in [-0.2, 0) is 4.74 Å². The number of carbonyl (C=O) groups excluding carboxylic acids is 1. The number of fused-ring (bicyclic) bond motifs is 1. The van der Waals surface area contributed by atoms with E-state index in [1.807, 2.05) is 20.8 Å². The summed E-state index contributed by atoms with van der Waals surface area (Å²) >= 11 is 0. The van der Waals surface area contributed by atoms with E-state index in [1.54, 1.807) is 22.0 Å². The fourth-order valence-electron chi connectivity index (χ4n) is 2.33. The molecule has 1 fully saturated rings. The van der Waals surface area contributed by atoms with E-state index in [1.165, 1.54) is 6.07 Å². The van der Waals surface area contributed by atoms with E-state index in [-0.39, 0.29) is 17.6 Å². The van der Waals surface area contributed by atoms with E-state index in [0.29, 0.717) is 24.1 Å². The van der Waals surface area contributed by atoms with E-state index in [4.69, 9.17) is 4.74 Å². The highest BCUT2D eigenvalue weighted by Gasteiger charge is 2.36. The molecule has 0 saturated carbocycles. The average Bonchev–Trinajstić information content (AvgIpc) is 2.70.